The van der Waals surface area contributed by atoms with Crippen molar-refractivity contribution in [1.82, 2.24) is 19.7 Å². The molecule has 2 atom stereocenters. The van der Waals surface area contributed by atoms with E-state index in [9.17, 15) is 9.59 Å². The van der Waals surface area contributed by atoms with Crippen LogP contribution in [0.25, 0.3) is 10.9 Å². The number of Topliss-reactive ketones (excluding diaryl/α,β-unsaturated/α-hetero) is 1. The molecule has 2 aromatic carbocycles. The predicted octanol–water partition coefficient (Wildman–Crippen LogP) is 5.41. The molecule has 3 aromatic rings. The van der Waals surface area contributed by atoms with Crippen molar-refractivity contribution in [2.24, 2.45) is 5.73 Å². The molecular weight excluding hydrogens is 545 g/mol. The molecule has 0 saturated carbocycles. The molecule has 2 aliphatic rings. The fourth-order valence-electron chi connectivity index (χ4n) is 6.78. The quantitative estimate of drug-likeness (QED) is 0.346. The zero-order valence-corrected chi connectivity index (χ0v) is 24.8. The first-order chi connectivity index (χ1) is 19.2. The molecule has 3 heterocycles. The summed E-state index contributed by atoms with van der Waals surface area (Å²) in [7, 11) is 1.73. The van der Waals surface area contributed by atoms with Crippen molar-refractivity contribution in [2.75, 3.05) is 33.2 Å². The Labute approximate surface area is 246 Å². The number of hydrogen-bond donors (Lipinski definition) is 2. The molecule has 2 aliphatic heterocycles. The van der Waals surface area contributed by atoms with Crippen LogP contribution < -0.4 is 5.73 Å². The number of rotatable bonds is 8. The second-order valence-corrected chi connectivity index (χ2v) is 12.1. The molecule has 3 N–H and O–H groups in total. The van der Waals surface area contributed by atoms with Gasteiger partial charge in [0.25, 0.3) is 5.91 Å². The summed E-state index contributed by atoms with van der Waals surface area (Å²) in [6.45, 7) is 5.30. The number of nitrogens with zero attached hydrogens (tertiary/aromatic N) is 3. The molecule has 1 amide bonds. The lowest BCUT2D eigenvalue weighted by Gasteiger charge is -2.50. The van der Waals surface area contributed by atoms with Crippen LogP contribution in [0.3, 0.4) is 0 Å². The van der Waals surface area contributed by atoms with Gasteiger partial charge in [0, 0.05) is 49.8 Å². The summed E-state index contributed by atoms with van der Waals surface area (Å²) < 4.78 is 0. The van der Waals surface area contributed by atoms with Gasteiger partial charge in [-0.3, -0.25) is 14.5 Å². The van der Waals surface area contributed by atoms with Gasteiger partial charge in [0.2, 0.25) is 0 Å². The highest BCUT2D eigenvalue weighted by Gasteiger charge is 2.56. The van der Waals surface area contributed by atoms with E-state index in [1.807, 2.05) is 36.5 Å². The molecule has 214 valence electrons. The molecule has 2 saturated heterocycles. The van der Waals surface area contributed by atoms with Crippen molar-refractivity contribution in [3.63, 3.8) is 0 Å². The Morgan fingerprint density at radius 3 is 2.42 bits per heavy atom. The zero-order chi connectivity index (χ0) is 28.4. The number of aromatic amines is 1. The molecule has 5 rings (SSSR count). The summed E-state index contributed by atoms with van der Waals surface area (Å²) in [5.74, 6) is -0.548. The van der Waals surface area contributed by atoms with Crippen LogP contribution >= 0.6 is 23.2 Å². The summed E-state index contributed by atoms with van der Waals surface area (Å²) in [6, 6.07) is 12.8. The Hall–Kier alpha value is -2.42. The number of likely N-dealkylation sites (tertiary alicyclic amines) is 2. The van der Waals surface area contributed by atoms with E-state index in [1.165, 1.54) is 26.2 Å². The van der Waals surface area contributed by atoms with Gasteiger partial charge >= 0.3 is 0 Å². The number of piperidine rings is 2. The molecule has 0 bridgehead atoms. The van der Waals surface area contributed by atoms with E-state index in [4.69, 9.17) is 28.9 Å². The minimum Gasteiger partial charge on any atom is -0.361 e. The average molecular weight is 585 g/mol. The van der Waals surface area contributed by atoms with Crippen LogP contribution in [0, 0.1) is 0 Å². The van der Waals surface area contributed by atoms with E-state index in [0.717, 1.165) is 48.0 Å². The number of benzene rings is 2. The third-order valence-corrected chi connectivity index (χ3v) is 9.63. The van der Waals surface area contributed by atoms with Crippen molar-refractivity contribution >= 4 is 45.8 Å². The van der Waals surface area contributed by atoms with Gasteiger partial charge in [-0.25, -0.2) is 0 Å². The molecule has 1 aromatic heterocycles. The second kappa shape index (κ2) is 12.2. The number of likely N-dealkylation sites (N-methyl/N-ethyl adjacent to an activating group) is 1. The highest BCUT2D eigenvalue weighted by atomic mass is 35.5. The molecule has 7 nitrogen and oxygen atoms in total. The van der Waals surface area contributed by atoms with E-state index in [0.29, 0.717) is 29.2 Å². The first-order valence-electron chi connectivity index (χ1n) is 14.2. The summed E-state index contributed by atoms with van der Waals surface area (Å²) in [5.41, 5.74) is 8.05. The molecule has 40 heavy (non-hydrogen) atoms. The maximum atomic E-state index is 14.6. The number of para-hydroxylation sites is 1. The summed E-state index contributed by atoms with van der Waals surface area (Å²) >= 11 is 12.4. The van der Waals surface area contributed by atoms with Gasteiger partial charge in [-0.1, -0.05) is 53.9 Å². The molecule has 2 fully saturated rings. The van der Waals surface area contributed by atoms with Gasteiger partial charge in [0.1, 0.15) is 0 Å². The molecule has 2 unspecified atom stereocenters. The summed E-state index contributed by atoms with van der Waals surface area (Å²) in [5, 5.41) is 1.80. The third kappa shape index (κ3) is 5.42. The van der Waals surface area contributed by atoms with E-state index in [-0.39, 0.29) is 18.2 Å². The maximum absolute atomic E-state index is 14.6. The molecular formula is C31H39Cl2N5O2. The van der Waals surface area contributed by atoms with Crippen LogP contribution in [0.1, 0.15) is 56.2 Å². The topological polar surface area (TPSA) is 85.7 Å². The Kier molecular flexibility index (Phi) is 8.88. The average Bonchev–Trinajstić information content (AvgIpc) is 3.40. The Bertz CT molecular complexity index is 1360. The fourth-order valence-corrected chi connectivity index (χ4v) is 7.10. The molecule has 0 spiro atoms. The number of hydrogen-bond acceptors (Lipinski definition) is 5. The van der Waals surface area contributed by atoms with Crippen molar-refractivity contribution in [2.45, 2.75) is 63.2 Å². The lowest BCUT2D eigenvalue weighted by atomic mass is 9.78. The van der Waals surface area contributed by atoms with Crippen molar-refractivity contribution in [1.29, 1.82) is 0 Å². The van der Waals surface area contributed by atoms with E-state index < -0.39 is 11.6 Å². The van der Waals surface area contributed by atoms with Crippen LogP contribution in [0.4, 0.5) is 0 Å². The first-order valence-corrected chi connectivity index (χ1v) is 15.0. The number of ketones is 1. The minimum atomic E-state index is -1.55. The van der Waals surface area contributed by atoms with E-state index >= 15 is 0 Å². The zero-order valence-electron chi connectivity index (χ0n) is 23.3. The van der Waals surface area contributed by atoms with Crippen molar-refractivity contribution in [3.8, 4) is 0 Å². The van der Waals surface area contributed by atoms with Gasteiger partial charge in [0.15, 0.2) is 11.3 Å². The molecule has 9 heteroatoms. The first kappa shape index (κ1) is 29.1. The molecule has 0 radical (unpaired) electrons. The number of carbonyl (C=O) groups excluding carboxylic acids is 2. The molecule has 0 aliphatic carbocycles. The van der Waals surface area contributed by atoms with Crippen LogP contribution in [0.2, 0.25) is 10.0 Å². The van der Waals surface area contributed by atoms with Gasteiger partial charge in [-0.2, -0.15) is 0 Å². The van der Waals surface area contributed by atoms with Gasteiger partial charge in [-0.05, 0) is 75.0 Å². The number of amides is 1. The Morgan fingerprint density at radius 1 is 1.05 bits per heavy atom. The fraction of sp³-hybridized carbons (Fsp3) is 0.484. The number of nitrogens with two attached hydrogens (primary N) is 1. The SMILES string of the molecule is CC(=O)C(C(=O)N(C)Cc1ccc(Cl)c(Cl)c1)(C(N)c1c[nH]c2ccccc12)N1CCC(N2CCCCC2)CC1. The standard InChI is InChI=1S/C31H39Cl2N5O2/c1-21(39)31(29(34)25-19-35-28-9-5-4-8-24(25)28,30(40)36(2)20-22-10-11-26(32)27(33)18-22)38-16-12-23(13-17-38)37-14-6-3-7-15-37/h4-5,8-11,18-19,23,29,35H,3,6-7,12-17,20,34H2,1-2H3. The lowest BCUT2D eigenvalue weighted by molar-refractivity contribution is -0.155. The lowest BCUT2D eigenvalue weighted by Crippen LogP contribution is -2.69. The number of H-pyrrole nitrogens is 1. The minimum absolute atomic E-state index is 0.243. The summed E-state index contributed by atoms with van der Waals surface area (Å²) in [4.78, 5) is 38.1. The van der Waals surface area contributed by atoms with Crippen molar-refractivity contribution in [3.05, 3.63) is 69.8 Å². The second-order valence-electron chi connectivity index (χ2n) is 11.3. The number of aromatic nitrogens is 1. The third-order valence-electron chi connectivity index (χ3n) is 8.89. The van der Waals surface area contributed by atoms with Crippen LogP contribution in [0.15, 0.2) is 48.7 Å². The smallest absolute Gasteiger partial charge is 0.252 e. The van der Waals surface area contributed by atoms with Crippen LogP contribution in [0.5, 0.6) is 0 Å². The van der Waals surface area contributed by atoms with Crippen molar-refractivity contribution < 1.29 is 9.59 Å². The highest BCUT2D eigenvalue weighted by molar-refractivity contribution is 6.42. The Morgan fingerprint density at radius 2 is 1.75 bits per heavy atom. The normalized spacial score (nSPS) is 19.8. The number of halogens is 2. The highest BCUT2D eigenvalue weighted by Crippen LogP contribution is 2.39. The largest absolute Gasteiger partial charge is 0.361 e. The van der Waals surface area contributed by atoms with E-state index in [2.05, 4.69) is 14.8 Å². The van der Waals surface area contributed by atoms with Gasteiger partial charge in [0.05, 0.1) is 16.1 Å². The Balaban J connectivity index is 1.50. The van der Waals surface area contributed by atoms with Gasteiger partial charge < -0.3 is 20.5 Å². The summed E-state index contributed by atoms with van der Waals surface area (Å²) in [6.07, 6.45) is 7.42. The monoisotopic (exact) mass is 583 g/mol. The predicted molar refractivity (Wildman–Crippen MR) is 162 cm³/mol. The number of nitrogens with one attached hydrogen (secondary N) is 1. The number of fused-ring (bicyclic) bond motifs is 1. The van der Waals surface area contributed by atoms with Gasteiger partial charge in [-0.15, -0.1) is 0 Å². The van der Waals surface area contributed by atoms with Crippen LogP contribution in [-0.2, 0) is 16.1 Å². The maximum Gasteiger partial charge on any atom is 0.252 e. The number of carbonyl (C=O) groups is 2. The van der Waals surface area contributed by atoms with Crippen LogP contribution in [-0.4, -0.2) is 76.2 Å². The van der Waals surface area contributed by atoms with E-state index in [1.54, 1.807) is 24.1 Å².